The van der Waals surface area contributed by atoms with Crippen molar-refractivity contribution in [1.82, 2.24) is 10.3 Å². The molecule has 1 heterocycles. The third kappa shape index (κ3) is 5.44. The van der Waals surface area contributed by atoms with Crippen LogP contribution in [-0.4, -0.2) is 37.2 Å². The molecule has 19 heavy (non-hydrogen) atoms. The van der Waals surface area contributed by atoms with Gasteiger partial charge in [0.2, 0.25) is 0 Å². The first-order chi connectivity index (χ1) is 9.19. The topological polar surface area (TPSA) is 89.3 Å². The first kappa shape index (κ1) is 15.7. The summed E-state index contributed by atoms with van der Waals surface area (Å²) >= 11 is 1.29. The van der Waals surface area contributed by atoms with Crippen molar-refractivity contribution in [3.8, 4) is 0 Å². The van der Waals surface area contributed by atoms with Gasteiger partial charge in [-0.2, -0.15) is 0 Å². The number of nitrogens with two attached hydrogens (primary N) is 1. The number of thiazole rings is 1. The number of hydrogen-bond acceptors (Lipinski definition) is 6. The van der Waals surface area contributed by atoms with Crippen molar-refractivity contribution in [3.63, 3.8) is 0 Å². The highest BCUT2D eigenvalue weighted by Crippen LogP contribution is 2.24. The molecule has 0 saturated heterocycles. The molecular weight excluding hydrogens is 264 g/mol. The van der Waals surface area contributed by atoms with Crippen LogP contribution in [0.1, 0.15) is 36.4 Å². The molecule has 0 saturated carbocycles. The van der Waals surface area contributed by atoms with E-state index in [0.717, 1.165) is 19.4 Å². The number of hydrogen-bond donors (Lipinski definition) is 3. The third-order valence-electron chi connectivity index (χ3n) is 2.34. The van der Waals surface area contributed by atoms with Gasteiger partial charge in [-0.25, -0.2) is 4.98 Å². The van der Waals surface area contributed by atoms with Gasteiger partial charge in [-0.05, 0) is 19.8 Å². The lowest BCUT2D eigenvalue weighted by Crippen LogP contribution is -2.25. The maximum Gasteiger partial charge on any atom is 0.265 e. The monoisotopic (exact) mass is 286 g/mol. The fraction of sp³-hybridized carbons (Fsp3) is 0.667. The maximum absolute atomic E-state index is 11.9. The van der Waals surface area contributed by atoms with Gasteiger partial charge in [0.1, 0.15) is 10.7 Å². The molecular formula is C12H22N4O2S. The van der Waals surface area contributed by atoms with Crippen LogP contribution in [0.25, 0.3) is 0 Å². The summed E-state index contributed by atoms with van der Waals surface area (Å²) in [5.41, 5.74) is 5.74. The molecule has 0 aliphatic heterocycles. The summed E-state index contributed by atoms with van der Waals surface area (Å²) in [7, 11) is 0. The number of nitrogen functional groups attached to an aromatic ring is 1. The first-order valence-electron chi connectivity index (χ1n) is 6.55. The van der Waals surface area contributed by atoms with E-state index in [1.54, 1.807) is 0 Å². The highest BCUT2D eigenvalue weighted by Gasteiger charge is 2.15. The number of aromatic nitrogens is 1. The SMILES string of the molecule is CCCNc1nc(N)c(C(=O)NCCCOCC)s1. The molecule has 0 unspecified atom stereocenters. The lowest BCUT2D eigenvalue weighted by atomic mass is 10.4. The predicted molar refractivity (Wildman–Crippen MR) is 78.8 cm³/mol. The summed E-state index contributed by atoms with van der Waals surface area (Å²) in [4.78, 5) is 16.5. The van der Waals surface area contributed by atoms with Crippen molar-refractivity contribution in [2.24, 2.45) is 0 Å². The van der Waals surface area contributed by atoms with Crippen molar-refractivity contribution in [1.29, 1.82) is 0 Å². The highest BCUT2D eigenvalue weighted by atomic mass is 32.1. The van der Waals surface area contributed by atoms with Crippen molar-refractivity contribution in [3.05, 3.63) is 4.88 Å². The standard InChI is InChI=1S/C12H22N4O2S/c1-3-6-15-12-16-10(13)9(19-12)11(17)14-7-5-8-18-4-2/h3-8,13H2,1-2H3,(H,14,17)(H,15,16). The van der Waals surface area contributed by atoms with E-state index in [0.29, 0.717) is 29.8 Å². The minimum absolute atomic E-state index is 0.170. The summed E-state index contributed by atoms with van der Waals surface area (Å²) in [6.45, 7) is 6.76. The van der Waals surface area contributed by atoms with Crippen LogP contribution in [0.5, 0.6) is 0 Å². The van der Waals surface area contributed by atoms with Gasteiger partial charge in [-0.1, -0.05) is 18.3 Å². The zero-order valence-electron chi connectivity index (χ0n) is 11.5. The van der Waals surface area contributed by atoms with Gasteiger partial charge in [0, 0.05) is 26.3 Å². The summed E-state index contributed by atoms with van der Waals surface area (Å²) < 4.78 is 5.20. The maximum atomic E-state index is 11.9. The highest BCUT2D eigenvalue weighted by molar-refractivity contribution is 7.18. The van der Waals surface area contributed by atoms with Gasteiger partial charge < -0.3 is 21.1 Å². The number of anilines is 2. The van der Waals surface area contributed by atoms with E-state index in [1.807, 2.05) is 6.92 Å². The average Bonchev–Trinajstić information content (AvgIpc) is 2.77. The molecule has 1 amide bonds. The normalized spacial score (nSPS) is 10.4. The molecule has 0 aliphatic carbocycles. The van der Waals surface area contributed by atoms with E-state index in [2.05, 4.69) is 22.5 Å². The summed E-state index contributed by atoms with van der Waals surface area (Å²) in [6, 6.07) is 0. The predicted octanol–water partition coefficient (Wildman–Crippen LogP) is 1.70. The Kier molecular flexibility index (Phi) is 7.20. The van der Waals surface area contributed by atoms with E-state index >= 15 is 0 Å². The van der Waals surface area contributed by atoms with Crippen molar-refractivity contribution in [2.45, 2.75) is 26.7 Å². The van der Waals surface area contributed by atoms with Crippen LogP contribution in [0.2, 0.25) is 0 Å². The lowest BCUT2D eigenvalue weighted by molar-refractivity contribution is 0.0949. The number of rotatable bonds is 9. The molecule has 0 aromatic carbocycles. The summed E-state index contributed by atoms with van der Waals surface area (Å²) in [5.74, 6) is 0.113. The Labute approximate surface area is 117 Å². The van der Waals surface area contributed by atoms with E-state index in [-0.39, 0.29) is 11.7 Å². The molecule has 6 nitrogen and oxygen atoms in total. The fourth-order valence-corrected chi connectivity index (χ4v) is 2.23. The molecule has 1 rings (SSSR count). The molecule has 108 valence electrons. The number of nitrogens with zero attached hydrogens (tertiary/aromatic N) is 1. The van der Waals surface area contributed by atoms with Crippen molar-refractivity contribution < 1.29 is 9.53 Å². The van der Waals surface area contributed by atoms with Crippen LogP contribution >= 0.6 is 11.3 Å². The molecule has 0 fully saturated rings. The van der Waals surface area contributed by atoms with Crippen LogP contribution in [0.3, 0.4) is 0 Å². The van der Waals surface area contributed by atoms with Crippen LogP contribution < -0.4 is 16.4 Å². The molecule has 1 aromatic rings. The van der Waals surface area contributed by atoms with Crippen LogP contribution in [0.15, 0.2) is 0 Å². The van der Waals surface area contributed by atoms with Crippen LogP contribution in [0, 0.1) is 0 Å². The molecule has 1 aromatic heterocycles. The van der Waals surface area contributed by atoms with Gasteiger partial charge in [-0.15, -0.1) is 0 Å². The Morgan fingerprint density at radius 3 is 2.89 bits per heavy atom. The minimum Gasteiger partial charge on any atom is -0.382 e. The number of carbonyl (C=O) groups is 1. The van der Waals surface area contributed by atoms with E-state index in [4.69, 9.17) is 10.5 Å². The minimum atomic E-state index is -0.170. The zero-order valence-corrected chi connectivity index (χ0v) is 12.3. The van der Waals surface area contributed by atoms with Gasteiger partial charge in [-0.3, -0.25) is 4.79 Å². The van der Waals surface area contributed by atoms with Crippen LogP contribution in [-0.2, 0) is 4.74 Å². The lowest BCUT2D eigenvalue weighted by Gasteiger charge is -2.03. The Bertz CT molecular complexity index is 395. The summed E-state index contributed by atoms with van der Waals surface area (Å²) in [5, 5.41) is 6.63. The van der Waals surface area contributed by atoms with E-state index in [1.165, 1.54) is 11.3 Å². The average molecular weight is 286 g/mol. The molecule has 0 atom stereocenters. The largest absolute Gasteiger partial charge is 0.382 e. The first-order valence-corrected chi connectivity index (χ1v) is 7.36. The van der Waals surface area contributed by atoms with Gasteiger partial charge in [0.15, 0.2) is 5.13 Å². The van der Waals surface area contributed by atoms with E-state index in [9.17, 15) is 4.79 Å². The number of carbonyl (C=O) groups excluding carboxylic acids is 1. The second-order valence-electron chi connectivity index (χ2n) is 3.97. The Balaban J connectivity index is 2.41. The second-order valence-corrected chi connectivity index (χ2v) is 4.97. The van der Waals surface area contributed by atoms with Crippen molar-refractivity contribution in [2.75, 3.05) is 37.4 Å². The number of ether oxygens (including phenoxy) is 1. The molecule has 0 spiro atoms. The zero-order chi connectivity index (χ0) is 14.1. The summed E-state index contributed by atoms with van der Waals surface area (Å²) in [6.07, 6.45) is 1.79. The molecule has 0 aliphatic rings. The molecule has 0 radical (unpaired) electrons. The van der Waals surface area contributed by atoms with Gasteiger partial charge in [0.25, 0.3) is 5.91 Å². The second kappa shape index (κ2) is 8.71. The number of amides is 1. The Morgan fingerprint density at radius 2 is 2.21 bits per heavy atom. The van der Waals surface area contributed by atoms with Crippen molar-refractivity contribution >= 4 is 28.2 Å². The number of nitrogens with one attached hydrogen (secondary N) is 2. The van der Waals surface area contributed by atoms with Crippen LogP contribution in [0.4, 0.5) is 10.9 Å². The Morgan fingerprint density at radius 1 is 1.42 bits per heavy atom. The molecule has 4 N–H and O–H groups in total. The smallest absolute Gasteiger partial charge is 0.265 e. The Hall–Kier alpha value is -1.34. The quantitative estimate of drug-likeness (QED) is 0.601. The van der Waals surface area contributed by atoms with E-state index < -0.39 is 0 Å². The fourth-order valence-electron chi connectivity index (χ4n) is 1.40. The van der Waals surface area contributed by atoms with Gasteiger partial charge >= 0.3 is 0 Å². The molecule has 7 heteroatoms. The molecule has 0 bridgehead atoms. The van der Waals surface area contributed by atoms with Gasteiger partial charge in [0.05, 0.1) is 0 Å². The third-order valence-corrected chi connectivity index (χ3v) is 3.37.